The number of carbonyl (C=O) groups is 2. The van der Waals surface area contributed by atoms with Gasteiger partial charge in [-0.15, -0.1) is 0 Å². The summed E-state index contributed by atoms with van der Waals surface area (Å²) in [5.41, 5.74) is 3.32. The Morgan fingerprint density at radius 1 is 1.19 bits per heavy atom. The van der Waals surface area contributed by atoms with Gasteiger partial charge in [0, 0.05) is 16.4 Å². The first-order chi connectivity index (χ1) is 10.1. The molecule has 0 radical (unpaired) electrons. The highest BCUT2D eigenvalue weighted by Gasteiger charge is 2.17. The van der Waals surface area contributed by atoms with Crippen molar-refractivity contribution >= 4 is 34.8 Å². The van der Waals surface area contributed by atoms with E-state index >= 15 is 0 Å². The van der Waals surface area contributed by atoms with Crippen LogP contribution in [0.1, 0.15) is 11.1 Å². The van der Waals surface area contributed by atoms with Gasteiger partial charge in [0.25, 0.3) is 0 Å². The Labute approximate surface area is 127 Å². The van der Waals surface area contributed by atoms with Crippen molar-refractivity contribution in [1.82, 2.24) is 0 Å². The molecule has 0 aromatic heterocycles. The van der Waals surface area contributed by atoms with Crippen LogP contribution in [-0.2, 0) is 22.4 Å². The number of fused-ring (bicyclic) bond motifs is 1. The second kappa shape index (κ2) is 5.58. The molecular formula is C16H13ClN2O2. The molecule has 0 atom stereocenters. The zero-order valence-electron chi connectivity index (χ0n) is 11.2. The van der Waals surface area contributed by atoms with E-state index in [4.69, 9.17) is 11.6 Å². The zero-order chi connectivity index (χ0) is 14.8. The fraction of sp³-hybridized carbons (Fsp3) is 0.125. The first-order valence-electron chi connectivity index (χ1n) is 6.57. The number of hydrogen-bond acceptors (Lipinski definition) is 2. The second-order valence-corrected chi connectivity index (χ2v) is 5.38. The second-order valence-electron chi connectivity index (χ2n) is 4.95. The highest BCUT2D eigenvalue weighted by molar-refractivity contribution is 6.30. The minimum atomic E-state index is -0.102. The monoisotopic (exact) mass is 300 g/mol. The molecule has 0 spiro atoms. The van der Waals surface area contributed by atoms with E-state index in [2.05, 4.69) is 10.6 Å². The normalized spacial score (nSPS) is 12.7. The predicted octanol–water partition coefficient (Wildman–Crippen LogP) is 3.02. The van der Waals surface area contributed by atoms with Crippen LogP contribution in [0.3, 0.4) is 0 Å². The van der Waals surface area contributed by atoms with Crippen LogP contribution in [0.5, 0.6) is 0 Å². The summed E-state index contributed by atoms with van der Waals surface area (Å²) in [5.74, 6) is -0.121. The minimum absolute atomic E-state index is 0.0189. The van der Waals surface area contributed by atoms with Crippen molar-refractivity contribution in [2.45, 2.75) is 12.8 Å². The molecule has 2 amide bonds. The van der Waals surface area contributed by atoms with Gasteiger partial charge in [-0.05, 0) is 41.5 Å². The van der Waals surface area contributed by atoms with Gasteiger partial charge >= 0.3 is 0 Å². The summed E-state index contributed by atoms with van der Waals surface area (Å²) in [5, 5.41) is 6.25. The zero-order valence-corrected chi connectivity index (χ0v) is 11.9. The molecule has 0 aliphatic carbocycles. The van der Waals surface area contributed by atoms with E-state index in [1.165, 1.54) is 0 Å². The third-order valence-electron chi connectivity index (χ3n) is 3.29. The highest BCUT2D eigenvalue weighted by Crippen LogP contribution is 2.26. The number of halogens is 1. The van der Waals surface area contributed by atoms with Crippen LogP contribution in [0, 0.1) is 0 Å². The number of nitrogens with one attached hydrogen (secondary N) is 2. The summed E-state index contributed by atoms with van der Waals surface area (Å²) >= 11 is 5.81. The van der Waals surface area contributed by atoms with Crippen LogP contribution < -0.4 is 10.6 Å². The molecule has 1 aliphatic rings. The molecule has 5 heteroatoms. The molecule has 1 aliphatic heterocycles. The Hall–Kier alpha value is -2.33. The average Bonchev–Trinajstić information content (AvgIpc) is 2.80. The van der Waals surface area contributed by atoms with Crippen LogP contribution in [0.25, 0.3) is 0 Å². The van der Waals surface area contributed by atoms with E-state index in [0.717, 1.165) is 16.8 Å². The van der Waals surface area contributed by atoms with Gasteiger partial charge in [0.2, 0.25) is 11.8 Å². The fourth-order valence-electron chi connectivity index (χ4n) is 2.30. The molecule has 1 heterocycles. The molecular weight excluding hydrogens is 288 g/mol. The summed E-state index contributed by atoms with van der Waals surface area (Å²) in [6, 6.07) is 12.6. The van der Waals surface area contributed by atoms with Gasteiger partial charge in [0.1, 0.15) is 0 Å². The van der Waals surface area contributed by atoms with Crippen molar-refractivity contribution < 1.29 is 9.59 Å². The van der Waals surface area contributed by atoms with Crippen LogP contribution in [0.4, 0.5) is 11.4 Å². The average molecular weight is 301 g/mol. The van der Waals surface area contributed by atoms with E-state index in [9.17, 15) is 9.59 Å². The van der Waals surface area contributed by atoms with Gasteiger partial charge < -0.3 is 10.6 Å². The van der Waals surface area contributed by atoms with Gasteiger partial charge in [-0.1, -0.05) is 23.7 Å². The van der Waals surface area contributed by atoms with Crippen LogP contribution >= 0.6 is 11.6 Å². The number of hydrogen-bond donors (Lipinski definition) is 2. The summed E-state index contributed by atoms with van der Waals surface area (Å²) < 4.78 is 0. The van der Waals surface area contributed by atoms with Crippen molar-refractivity contribution in [2.75, 3.05) is 10.6 Å². The minimum Gasteiger partial charge on any atom is -0.326 e. The molecule has 0 unspecified atom stereocenters. The smallest absolute Gasteiger partial charge is 0.228 e. The number of carbonyl (C=O) groups excluding carboxylic acids is 2. The van der Waals surface area contributed by atoms with Crippen molar-refractivity contribution in [2.24, 2.45) is 0 Å². The van der Waals surface area contributed by atoms with Gasteiger partial charge in [-0.25, -0.2) is 0 Å². The van der Waals surface area contributed by atoms with E-state index in [0.29, 0.717) is 17.1 Å². The number of rotatable bonds is 3. The lowest BCUT2D eigenvalue weighted by Gasteiger charge is -2.07. The molecule has 0 bridgehead atoms. The molecule has 3 rings (SSSR count). The van der Waals surface area contributed by atoms with Gasteiger partial charge in [0.15, 0.2) is 0 Å². The maximum Gasteiger partial charge on any atom is 0.228 e. The fourth-order valence-corrected chi connectivity index (χ4v) is 2.43. The molecule has 0 fully saturated rings. The third kappa shape index (κ3) is 3.23. The molecule has 0 saturated carbocycles. The van der Waals surface area contributed by atoms with Crippen LogP contribution in [0.15, 0.2) is 42.5 Å². The molecule has 106 valence electrons. The van der Waals surface area contributed by atoms with Crippen molar-refractivity contribution in [1.29, 1.82) is 0 Å². The van der Waals surface area contributed by atoms with E-state index < -0.39 is 0 Å². The topological polar surface area (TPSA) is 58.2 Å². The van der Waals surface area contributed by atoms with Crippen molar-refractivity contribution in [3.8, 4) is 0 Å². The highest BCUT2D eigenvalue weighted by atomic mass is 35.5. The van der Waals surface area contributed by atoms with Gasteiger partial charge in [-0.3, -0.25) is 9.59 Å². The molecule has 2 aromatic rings. The van der Waals surface area contributed by atoms with Gasteiger partial charge in [0.05, 0.1) is 12.8 Å². The quantitative estimate of drug-likeness (QED) is 0.915. The van der Waals surface area contributed by atoms with Crippen molar-refractivity contribution in [3.63, 3.8) is 0 Å². The number of anilines is 2. The lowest BCUT2D eigenvalue weighted by atomic mass is 10.1. The SMILES string of the molecule is O=C(Cc1ccc(Cl)cc1)Nc1ccc2c(c1)CC(=O)N2. The summed E-state index contributed by atoms with van der Waals surface area (Å²) in [4.78, 5) is 23.3. The molecule has 21 heavy (non-hydrogen) atoms. The number of benzene rings is 2. The molecule has 4 nitrogen and oxygen atoms in total. The lowest BCUT2D eigenvalue weighted by molar-refractivity contribution is -0.116. The van der Waals surface area contributed by atoms with Gasteiger partial charge in [-0.2, -0.15) is 0 Å². The maximum atomic E-state index is 12.0. The van der Waals surface area contributed by atoms with E-state index in [1.807, 2.05) is 18.2 Å². The molecule has 0 saturated heterocycles. The Balaban J connectivity index is 1.66. The predicted molar refractivity (Wildman–Crippen MR) is 82.6 cm³/mol. The molecule has 2 aromatic carbocycles. The maximum absolute atomic E-state index is 12.0. The Kier molecular flexibility index (Phi) is 3.62. The lowest BCUT2D eigenvalue weighted by Crippen LogP contribution is -2.14. The summed E-state index contributed by atoms with van der Waals surface area (Å²) in [6.45, 7) is 0. The van der Waals surface area contributed by atoms with E-state index in [-0.39, 0.29) is 18.2 Å². The largest absolute Gasteiger partial charge is 0.326 e. The summed E-state index contributed by atoms with van der Waals surface area (Å²) in [7, 11) is 0. The van der Waals surface area contributed by atoms with Crippen molar-refractivity contribution in [3.05, 3.63) is 58.6 Å². The summed E-state index contributed by atoms with van der Waals surface area (Å²) in [6.07, 6.45) is 0.641. The van der Waals surface area contributed by atoms with E-state index in [1.54, 1.807) is 24.3 Å². The first kappa shape index (κ1) is 13.6. The Morgan fingerprint density at radius 3 is 2.71 bits per heavy atom. The van der Waals surface area contributed by atoms with Crippen LogP contribution in [-0.4, -0.2) is 11.8 Å². The standard InChI is InChI=1S/C16H13ClN2O2/c17-12-3-1-10(2-4-12)7-15(20)18-13-5-6-14-11(8-13)9-16(21)19-14/h1-6,8H,7,9H2,(H,18,20)(H,19,21). The van der Waals surface area contributed by atoms with Crippen LogP contribution in [0.2, 0.25) is 5.02 Å². The Bertz CT molecular complexity index is 711. The Morgan fingerprint density at radius 2 is 1.95 bits per heavy atom. The first-order valence-corrected chi connectivity index (χ1v) is 6.95. The molecule has 2 N–H and O–H groups in total. The third-order valence-corrected chi connectivity index (χ3v) is 3.54. The number of amides is 2.